The summed E-state index contributed by atoms with van der Waals surface area (Å²) in [6, 6.07) is 20.5. The molecule has 4 heterocycles. The highest BCUT2D eigenvalue weighted by molar-refractivity contribution is 6.35. The molecule has 4 aromatic rings. The molecule has 0 bridgehead atoms. The molecule has 1 aromatic heterocycles. The fourth-order valence-electron chi connectivity index (χ4n) is 6.24. The molecule has 48 heavy (non-hydrogen) atoms. The first kappa shape index (κ1) is 32.2. The van der Waals surface area contributed by atoms with Gasteiger partial charge in [0, 0.05) is 48.1 Å². The van der Waals surface area contributed by atoms with Gasteiger partial charge in [-0.15, -0.1) is 0 Å². The standard InChI is InChI=1S/C34H35Cl2N7O5/c1-33(2)31(44)43(32(45)39-33)26-6-4-24(5-7-26)40-13-15-41(16-14-40)25-8-10-27(11-9-25)46-18-28-19-47-34(48-28,20-42-22-37-21-38-42)29-12-3-23(35)17-30(29)36/h3-12,17,21-22,28H,13-16,18-20H2,1-2H3,(H,39,45). The van der Waals surface area contributed by atoms with E-state index in [2.05, 4.69) is 37.3 Å². The molecule has 3 fully saturated rings. The number of rotatable bonds is 9. The summed E-state index contributed by atoms with van der Waals surface area (Å²) in [6.07, 6.45) is 2.71. The van der Waals surface area contributed by atoms with E-state index >= 15 is 0 Å². The Labute approximate surface area is 288 Å². The molecule has 3 aromatic carbocycles. The molecule has 2 atom stereocenters. The lowest BCUT2D eigenvalue weighted by Crippen LogP contribution is -2.46. The third kappa shape index (κ3) is 6.40. The Hall–Kier alpha value is -4.36. The van der Waals surface area contributed by atoms with Crippen molar-refractivity contribution in [2.24, 2.45) is 0 Å². The molecule has 3 aliphatic heterocycles. The number of anilines is 3. The Morgan fingerprint density at radius 1 is 0.917 bits per heavy atom. The third-order valence-electron chi connectivity index (χ3n) is 8.79. The first-order chi connectivity index (χ1) is 23.1. The van der Waals surface area contributed by atoms with Crippen LogP contribution in [0.3, 0.4) is 0 Å². The predicted octanol–water partition coefficient (Wildman–Crippen LogP) is 5.09. The second kappa shape index (κ2) is 12.9. The minimum Gasteiger partial charge on any atom is -0.491 e. The van der Waals surface area contributed by atoms with Gasteiger partial charge in [0.1, 0.15) is 43.2 Å². The van der Waals surface area contributed by atoms with Crippen LogP contribution in [0.1, 0.15) is 19.4 Å². The quantitative estimate of drug-likeness (QED) is 0.240. The zero-order valence-electron chi connectivity index (χ0n) is 26.5. The summed E-state index contributed by atoms with van der Waals surface area (Å²) in [7, 11) is 0. The van der Waals surface area contributed by atoms with Crippen molar-refractivity contribution in [3.05, 3.63) is 95.0 Å². The van der Waals surface area contributed by atoms with Gasteiger partial charge in [-0.3, -0.25) is 4.79 Å². The number of amides is 3. The van der Waals surface area contributed by atoms with Crippen LogP contribution >= 0.6 is 23.2 Å². The molecular weight excluding hydrogens is 657 g/mol. The van der Waals surface area contributed by atoms with Gasteiger partial charge in [0.2, 0.25) is 5.79 Å². The maximum absolute atomic E-state index is 12.6. The second-order valence-corrected chi connectivity index (χ2v) is 13.4. The van der Waals surface area contributed by atoms with Gasteiger partial charge in [-0.2, -0.15) is 5.10 Å². The van der Waals surface area contributed by atoms with Crippen molar-refractivity contribution in [2.45, 2.75) is 37.8 Å². The number of nitrogens with one attached hydrogen (secondary N) is 1. The van der Waals surface area contributed by atoms with E-state index in [1.807, 2.05) is 36.4 Å². The smallest absolute Gasteiger partial charge is 0.329 e. The van der Waals surface area contributed by atoms with E-state index in [0.717, 1.165) is 43.3 Å². The first-order valence-electron chi connectivity index (χ1n) is 15.7. The number of aromatic nitrogens is 3. The third-order valence-corrected chi connectivity index (χ3v) is 9.34. The number of carbonyl (C=O) groups is 2. The van der Waals surface area contributed by atoms with Gasteiger partial charge in [-0.25, -0.2) is 19.4 Å². The van der Waals surface area contributed by atoms with Gasteiger partial charge in [0.15, 0.2) is 0 Å². The molecule has 3 aliphatic rings. The predicted molar refractivity (Wildman–Crippen MR) is 182 cm³/mol. The van der Waals surface area contributed by atoms with Crippen molar-refractivity contribution >= 4 is 52.2 Å². The number of halogens is 2. The summed E-state index contributed by atoms with van der Waals surface area (Å²) in [6.45, 7) is 7.62. The molecule has 3 amide bonds. The minimum atomic E-state index is -1.17. The van der Waals surface area contributed by atoms with Crippen molar-refractivity contribution in [3.63, 3.8) is 0 Å². The molecule has 7 rings (SSSR count). The van der Waals surface area contributed by atoms with Gasteiger partial charge in [0.25, 0.3) is 5.91 Å². The van der Waals surface area contributed by atoms with Crippen LogP contribution in [-0.4, -0.2) is 77.7 Å². The van der Waals surface area contributed by atoms with Crippen molar-refractivity contribution in [1.82, 2.24) is 20.1 Å². The number of hydrogen-bond acceptors (Lipinski definition) is 9. The van der Waals surface area contributed by atoms with Crippen LogP contribution in [0.4, 0.5) is 21.9 Å². The number of urea groups is 1. The van der Waals surface area contributed by atoms with Crippen LogP contribution in [0, 0.1) is 0 Å². The highest BCUT2D eigenvalue weighted by Gasteiger charge is 2.46. The largest absolute Gasteiger partial charge is 0.491 e. The minimum absolute atomic E-state index is 0.257. The van der Waals surface area contributed by atoms with Crippen LogP contribution in [0.5, 0.6) is 5.75 Å². The highest BCUT2D eigenvalue weighted by atomic mass is 35.5. The van der Waals surface area contributed by atoms with Gasteiger partial charge in [-0.05, 0) is 74.5 Å². The summed E-state index contributed by atoms with van der Waals surface area (Å²) in [5.74, 6) is -0.696. The average molecular weight is 693 g/mol. The van der Waals surface area contributed by atoms with Gasteiger partial charge >= 0.3 is 6.03 Å². The number of imide groups is 1. The molecule has 0 spiro atoms. The van der Waals surface area contributed by atoms with Gasteiger partial charge in [-0.1, -0.05) is 29.3 Å². The van der Waals surface area contributed by atoms with Gasteiger partial charge in [0.05, 0.1) is 17.3 Å². The van der Waals surface area contributed by atoms with Crippen LogP contribution in [0.2, 0.25) is 10.0 Å². The number of piperazine rings is 1. The number of nitrogens with zero attached hydrogens (tertiary/aromatic N) is 6. The lowest BCUT2D eigenvalue weighted by Gasteiger charge is -2.37. The number of benzene rings is 3. The first-order valence-corrected chi connectivity index (χ1v) is 16.5. The van der Waals surface area contributed by atoms with E-state index in [-0.39, 0.29) is 25.2 Å². The Kier molecular flexibility index (Phi) is 8.67. The van der Waals surface area contributed by atoms with Crippen molar-refractivity contribution in [2.75, 3.05) is 54.1 Å². The maximum Gasteiger partial charge on any atom is 0.329 e. The van der Waals surface area contributed by atoms with E-state index in [4.69, 9.17) is 37.4 Å². The zero-order chi connectivity index (χ0) is 33.5. The average Bonchev–Trinajstić information content (AvgIpc) is 3.79. The van der Waals surface area contributed by atoms with Crippen molar-refractivity contribution in [3.8, 4) is 5.75 Å². The Morgan fingerprint density at radius 3 is 2.15 bits per heavy atom. The molecular formula is C34H35Cl2N7O5. The lowest BCUT2D eigenvalue weighted by atomic mass is 10.1. The topological polar surface area (TPSA) is 114 Å². The molecule has 0 aliphatic carbocycles. The van der Waals surface area contributed by atoms with Gasteiger partial charge < -0.3 is 29.3 Å². The van der Waals surface area contributed by atoms with E-state index in [9.17, 15) is 9.59 Å². The van der Waals surface area contributed by atoms with E-state index in [0.29, 0.717) is 27.9 Å². The zero-order valence-corrected chi connectivity index (χ0v) is 28.0. The Morgan fingerprint density at radius 2 is 1.56 bits per heavy atom. The molecule has 2 unspecified atom stereocenters. The maximum atomic E-state index is 12.6. The van der Waals surface area contributed by atoms with E-state index in [1.54, 1.807) is 43.1 Å². The van der Waals surface area contributed by atoms with Crippen molar-refractivity contribution < 1.29 is 23.8 Å². The summed E-state index contributed by atoms with van der Waals surface area (Å²) in [4.78, 5) is 34.9. The number of hydrogen-bond donors (Lipinski definition) is 1. The van der Waals surface area contributed by atoms with Crippen LogP contribution in [0.15, 0.2) is 79.4 Å². The SMILES string of the molecule is CC1(C)NC(=O)N(c2ccc(N3CCN(c4ccc(OCC5COC(Cn6cncn6)(c6ccc(Cl)cc6Cl)O5)cc4)CC3)cc2)C1=O. The normalized spacial score (nSPS) is 22.3. The number of ether oxygens (including phenoxy) is 3. The van der Waals surface area contributed by atoms with Crippen LogP contribution < -0.4 is 24.8 Å². The Balaban J connectivity index is 0.925. The summed E-state index contributed by atoms with van der Waals surface area (Å²) < 4.78 is 20.5. The molecule has 12 nitrogen and oxygen atoms in total. The highest BCUT2D eigenvalue weighted by Crippen LogP contribution is 2.40. The fourth-order valence-corrected chi connectivity index (χ4v) is 6.80. The molecule has 1 N–H and O–H groups in total. The lowest BCUT2D eigenvalue weighted by molar-refractivity contribution is -0.190. The molecule has 0 saturated carbocycles. The monoisotopic (exact) mass is 691 g/mol. The fraction of sp³-hybridized carbons (Fsp3) is 0.353. The molecule has 250 valence electrons. The van der Waals surface area contributed by atoms with Crippen LogP contribution in [-0.2, 0) is 26.6 Å². The second-order valence-electron chi connectivity index (χ2n) is 12.5. The Bertz CT molecular complexity index is 1780. The van der Waals surface area contributed by atoms with Crippen LogP contribution in [0.25, 0.3) is 0 Å². The summed E-state index contributed by atoms with van der Waals surface area (Å²) >= 11 is 12.7. The molecule has 14 heteroatoms. The summed E-state index contributed by atoms with van der Waals surface area (Å²) in [5.41, 5.74) is 2.48. The summed E-state index contributed by atoms with van der Waals surface area (Å²) in [5, 5.41) is 7.90. The molecule has 0 radical (unpaired) electrons. The van der Waals surface area contributed by atoms with E-state index < -0.39 is 17.4 Å². The number of carbonyl (C=O) groups excluding carboxylic acids is 2. The van der Waals surface area contributed by atoms with E-state index in [1.165, 1.54) is 11.2 Å². The van der Waals surface area contributed by atoms with Crippen molar-refractivity contribution in [1.29, 1.82) is 0 Å². The molecule has 3 saturated heterocycles.